The van der Waals surface area contributed by atoms with Crippen molar-refractivity contribution in [3.63, 3.8) is 0 Å². The number of nitrogens with zero attached hydrogens (tertiary/aromatic N) is 4. The van der Waals surface area contributed by atoms with E-state index in [1.165, 1.54) is 6.07 Å². The van der Waals surface area contributed by atoms with Crippen molar-refractivity contribution in [2.24, 2.45) is 0 Å². The van der Waals surface area contributed by atoms with Gasteiger partial charge in [-0.1, -0.05) is 18.2 Å². The molecule has 2 aromatic carbocycles. The number of amides is 1. The number of rotatable bonds is 5. The van der Waals surface area contributed by atoms with Crippen LogP contribution in [0.2, 0.25) is 0 Å². The van der Waals surface area contributed by atoms with Crippen LogP contribution < -0.4 is 14.8 Å². The summed E-state index contributed by atoms with van der Waals surface area (Å²) >= 11 is 0. The molecular weight excluding hydrogens is 403 g/mol. The van der Waals surface area contributed by atoms with Crippen molar-refractivity contribution in [1.82, 2.24) is 25.2 Å². The number of hydrogen-bond donors (Lipinski definition) is 2. The van der Waals surface area contributed by atoms with Gasteiger partial charge in [0, 0.05) is 32.7 Å². The van der Waals surface area contributed by atoms with Crippen LogP contribution in [-0.2, 0) is 6.54 Å². The fourth-order valence-corrected chi connectivity index (χ4v) is 3.71. The third kappa shape index (κ3) is 4.02. The van der Waals surface area contributed by atoms with Crippen molar-refractivity contribution in [3.8, 4) is 11.5 Å². The highest BCUT2D eigenvalue weighted by Crippen LogP contribution is 2.33. The average molecular weight is 424 g/mol. The van der Waals surface area contributed by atoms with Crippen molar-refractivity contribution in [2.45, 2.75) is 6.54 Å². The Bertz CT molecular complexity index is 1100. The molecule has 5 rings (SSSR count). The number of carbonyl (C=O) groups is 1. The fourth-order valence-electron chi connectivity index (χ4n) is 3.71. The Kier molecular flexibility index (Phi) is 5.13. The fraction of sp³-hybridized carbons (Fsp3) is 0.286. The molecule has 3 aromatic rings. The molecule has 1 fully saturated rings. The van der Waals surface area contributed by atoms with E-state index < -0.39 is 5.82 Å². The lowest BCUT2D eigenvalue weighted by atomic mass is 10.1. The minimum absolute atomic E-state index is 0.146. The van der Waals surface area contributed by atoms with E-state index in [0.29, 0.717) is 13.1 Å². The Morgan fingerprint density at radius 2 is 1.87 bits per heavy atom. The number of fused-ring (bicyclic) bond motifs is 1. The lowest BCUT2D eigenvalue weighted by molar-refractivity contribution is 0.0623. The van der Waals surface area contributed by atoms with Crippen LogP contribution in [-0.4, -0.2) is 64.1 Å². The number of aromatic amines is 1. The molecule has 0 atom stereocenters. The maximum absolute atomic E-state index is 13.9. The van der Waals surface area contributed by atoms with E-state index in [2.05, 4.69) is 25.6 Å². The van der Waals surface area contributed by atoms with Gasteiger partial charge >= 0.3 is 0 Å². The van der Waals surface area contributed by atoms with Gasteiger partial charge in [0.2, 0.25) is 6.79 Å². The topological polar surface area (TPSA) is 95.6 Å². The number of ether oxygens (including phenoxy) is 2. The smallest absolute Gasteiger partial charge is 0.278 e. The average Bonchev–Trinajstić information content (AvgIpc) is 3.44. The second kappa shape index (κ2) is 8.23. The Morgan fingerprint density at radius 1 is 1.06 bits per heavy atom. The third-order valence-corrected chi connectivity index (χ3v) is 5.38. The first kappa shape index (κ1) is 19.3. The number of aromatic nitrogens is 3. The van der Waals surface area contributed by atoms with Gasteiger partial charge in [0.25, 0.3) is 5.91 Å². The zero-order chi connectivity index (χ0) is 21.2. The maximum Gasteiger partial charge on any atom is 0.278 e. The summed E-state index contributed by atoms with van der Waals surface area (Å²) in [4.78, 5) is 17.0. The van der Waals surface area contributed by atoms with Gasteiger partial charge in [-0.2, -0.15) is 5.21 Å². The molecule has 160 valence electrons. The Labute approximate surface area is 177 Å². The molecule has 1 amide bonds. The van der Waals surface area contributed by atoms with Crippen LogP contribution in [0.15, 0.2) is 42.5 Å². The number of benzene rings is 2. The number of nitrogens with one attached hydrogen (secondary N) is 2. The number of carbonyl (C=O) groups excluding carboxylic acids is 1. The molecule has 0 radical (unpaired) electrons. The van der Waals surface area contributed by atoms with E-state index >= 15 is 0 Å². The molecular formula is C21H21FN6O3. The van der Waals surface area contributed by atoms with Crippen molar-refractivity contribution < 1.29 is 18.7 Å². The van der Waals surface area contributed by atoms with Crippen molar-refractivity contribution in [3.05, 3.63) is 59.5 Å². The summed E-state index contributed by atoms with van der Waals surface area (Å²) in [5.41, 5.74) is 1.52. The minimum Gasteiger partial charge on any atom is -0.454 e. The summed E-state index contributed by atoms with van der Waals surface area (Å²) in [5.74, 6) is 1.08. The van der Waals surface area contributed by atoms with Crippen LogP contribution in [0.3, 0.4) is 0 Å². The van der Waals surface area contributed by atoms with Gasteiger partial charge in [-0.3, -0.25) is 9.69 Å². The van der Waals surface area contributed by atoms with Gasteiger partial charge in [0.1, 0.15) is 5.82 Å². The highest BCUT2D eigenvalue weighted by molar-refractivity contribution is 5.97. The molecule has 31 heavy (non-hydrogen) atoms. The lowest BCUT2D eigenvalue weighted by Gasteiger charge is -2.34. The van der Waals surface area contributed by atoms with E-state index in [0.717, 1.165) is 36.7 Å². The van der Waals surface area contributed by atoms with E-state index in [1.54, 1.807) is 23.1 Å². The Balaban J connectivity index is 1.20. The monoisotopic (exact) mass is 424 g/mol. The number of anilines is 2. The highest BCUT2D eigenvalue weighted by atomic mass is 19.1. The van der Waals surface area contributed by atoms with Crippen LogP contribution in [0.5, 0.6) is 11.5 Å². The molecule has 0 spiro atoms. The molecule has 2 aliphatic rings. The standard InChI is InChI=1S/C21H21FN6O3/c22-15-3-1-2-4-16(15)23-20-19(24-26-25-20)21(29)28-9-7-27(8-10-28)12-14-5-6-17-18(11-14)31-13-30-17/h1-6,11H,7-10,12-13H2,(H2,23,24,25,26). The van der Waals surface area contributed by atoms with Gasteiger partial charge in [-0.05, 0) is 29.8 Å². The molecule has 3 heterocycles. The number of hydrogen-bond acceptors (Lipinski definition) is 7. The quantitative estimate of drug-likeness (QED) is 0.649. The molecule has 2 aliphatic heterocycles. The summed E-state index contributed by atoms with van der Waals surface area (Å²) in [6, 6.07) is 12.2. The summed E-state index contributed by atoms with van der Waals surface area (Å²) in [5, 5.41) is 13.3. The third-order valence-electron chi connectivity index (χ3n) is 5.38. The molecule has 0 unspecified atom stereocenters. The van der Waals surface area contributed by atoms with Crippen LogP contribution in [0.4, 0.5) is 15.9 Å². The summed E-state index contributed by atoms with van der Waals surface area (Å²) in [7, 11) is 0. The summed E-state index contributed by atoms with van der Waals surface area (Å²) in [6.45, 7) is 3.62. The van der Waals surface area contributed by atoms with Gasteiger partial charge in [-0.15, -0.1) is 10.2 Å². The van der Waals surface area contributed by atoms with E-state index in [4.69, 9.17) is 9.47 Å². The van der Waals surface area contributed by atoms with Gasteiger partial charge < -0.3 is 19.7 Å². The number of H-pyrrole nitrogens is 1. The molecule has 10 heteroatoms. The largest absolute Gasteiger partial charge is 0.454 e. The molecule has 1 saturated heterocycles. The highest BCUT2D eigenvalue weighted by Gasteiger charge is 2.27. The van der Waals surface area contributed by atoms with Crippen LogP contribution in [0.25, 0.3) is 0 Å². The first-order valence-corrected chi connectivity index (χ1v) is 10.00. The van der Waals surface area contributed by atoms with Crippen LogP contribution in [0.1, 0.15) is 16.1 Å². The van der Waals surface area contributed by atoms with Crippen molar-refractivity contribution in [2.75, 3.05) is 38.3 Å². The molecule has 9 nitrogen and oxygen atoms in total. The normalized spacial score (nSPS) is 15.8. The second-order valence-electron chi connectivity index (χ2n) is 7.38. The molecule has 1 aromatic heterocycles. The van der Waals surface area contributed by atoms with Crippen molar-refractivity contribution >= 4 is 17.4 Å². The predicted molar refractivity (Wildman–Crippen MR) is 110 cm³/mol. The molecule has 2 N–H and O–H groups in total. The van der Waals surface area contributed by atoms with Crippen LogP contribution >= 0.6 is 0 Å². The number of piperazine rings is 1. The summed E-state index contributed by atoms with van der Waals surface area (Å²) in [6.07, 6.45) is 0. The second-order valence-corrected chi connectivity index (χ2v) is 7.38. The first-order chi connectivity index (χ1) is 15.2. The van der Waals surface area contributed by atoms with Crippen molar-refractivity contribution in [1.29, 1.82) is 0 Å². The zero-order valence-corrected chi connectivity index (χ0v) is 16.7. The van der Waals surface area contributed by atoms with Gasteiger partial charge in [0.05, 0.1) is 5.69 Å². The number of para-hydroxylation sites is 1. The zero-order valence-electron chi connectivity index (χ0n) is 16.7. The lowest BCUT2D eigenvalue weighted by Crippen LogP contribution is -2.48. The number of halogens is 1. The minimum atomic E-state index is -0.430. The van der Waals surface area contributed by atoms with Gasteiger partial charge in [-0.25, -0.2) is 4.39 Å². The summed E-state index contributed by atoms with van der Waals surface area (Å²) < 4.78 is 24.7. The Hall–Kier alpha value is -3.66. The SMILES string of the molecule is O=C(c1n[nH]nc1Nc1ccccc1F)N1CCN(Cc2ccc3c(c2)OCO3)CC1. The van der Waals surface area contributed by atoms with E-state index in [9.17, 15) is 9.18 Å². The van der Waals surface area contributed by atoms with E-state index in [-0.39, 0.29) is 29.9 Å². The van der Waals surface area contributed by atoms with E-state index in [1.807, 2.05) is 18.2 Å². The van der Waals surface area contributed by atoms with Crippen LogP contribution in [0, 0.1) is 5.82 Å². The first-order valence-electron chi connectivity index (χ1n) is 10.00. The maximum atomic E-state index is 13.9. The molecule has 0 saturated carbocycles. The van der Waals surface area contributed by atoms with Gasteiger partial charge in [0.15, 0.2) is 23.0 Å². The Morgan fingerprint density at radius 3 is 2.71 bits per heavy atom. The predicted octanol–water partition coefficient (Wildman–Crippen LogP) is 2.37. The molecule has 0 bridgehead atoms. The molecule has 0 aliphatic carbocycles.